The minimum absolute atomic E-state index is 0. The van der Waals surface area contributed by atoms with Gasteiger partial charge in [-0.3, -0.25) is 0 Å². The van der Waals surface area contributed by atoms with Gasteiger partial charge in [-0.05, 0) is 0 Å². The molecule has 18 valence electrons. The molecule has 0 aromatic carbocycles. The van der Waals surface area contributed by atoms with Crippen molar-refractivity contribution in [2.75, 3.05) is 0 Å². The molecule has 1 nitrogen and oxygen atoms in total. The molecule has 0 unspecified atom stereocenters. The first-order valence-corrected chi connectivity index (χ1v) is 0.500. The first-order chi connectivity index (χ1) is 1.00. The summed E-state index contributed by atoms with van der Waals surface area (Å²) in [5, 5.41) is 0. The zero-order valence-corrected chi connectivity index (χ0v) is 10.0. The topological polar surface area (TPSA) is 17.1 Å². The smallest absolute Gasteiger partial charge is 0.197 e. The average molecular weight is 326 g/mol. The molecule has 0 saturated heterocycles. The van der Waals surface area contributed by atoms with Gasteiger partial charge in [-0.1, -0.05) is 0 Å². The van der Waals surface area contributed by atoms with E-state index >= 15 is 0 Å². The van der Waals surface area contributed by atoms with E-state index in [9.17, 15) is 0 Å². The Hall–Kier alpha value is 2.41. The Labute approximate surface area is 86.0 Å². The van der Waals surface area contributed by atoms with Crippen molar-refractivity contribution in [3.05, 3.63) is 0 Å². The summed E-state index contributed by atoms with van der Waals surface area (Å²) in [5.41, 5.74) is 0. The first-order valence-electron chi connectivity index (χ1n) is 0.167. The van der Waals surface area contributed by atoms with Gasteiger partial charge in [-0.15, -0.1) is 0 Å². The molecule has 0 fully saturated rings. The van der Waals surface area contributed by atoms with Gasteiger partial charge in [-0.25, -0.2) is 0 Å². The van der Waals surface area contributed by atoms with E-state index in [-0.39, 0.29) is 71.2 Å². The summed E-state index contributed by atoms with van der Waals surface area (Å²) in [7, 11) is 0. The maximum Gasteiger partial charge on any atom is 0.197 e. The molecule has 0 spiro atoms. The first kappa shape index (κ1) is 16.1. The van der Waals surface area contributed by atoms with Crippen molar-refractivity contribution in [2.24, 2.45) is 0 Å². The van der Waals surface area contributed by atoms with Gasteiger partial charge < -0.3 is 0 Å². The summed E-state index contributed by atoms with van der Waals surface area (Å²) in [4.78, 5) is 0. The zero-order chi connectivity index (χ0) is 2.00. The zero-order valence-electron chi connectivity index (χ0n) is 1.97. The molecule has 0 bridgehead atoms. The van der Waals surface area contributed by atoms with E-state index in [1.54, 1.807) is 0 Å². The van der Waals surface area contributed by atoms with Crippen molar-refractivity contribution in [3.63, 3.8) is 0 Å². The summed E-state index contributed by atoms with van der Waals surface area (Å²) in [6.07, 6.45) is 0. The third kappa shape index (κ3) is 8.83. The van der Waals surface area contributed by atoms with E-state index < -0.39 is 0 Å². The van der Waals surface area contributed by atoms with Crippen LogP contribution in [0.15, 0.2) is 0 Å². The van der Waals surface area contributed by atoms with Crippen molar-refractivity contribution in [1.82, 2.24) is 0 Å². The monoisotopic (exact) mass is 326 g/mol. The van der Waals surface area contributed by atoms with Crippen molar-refractivity contribution >= 4 is 12.5 Å². The van der Waals surface area contributed by atoms with E-state index in [4.69, 9.17) is 4.21 Å². The van der Waals surface area contributed by atoms with Crippen molar-refractivity contribution in [2.45, 2.75) is 0 Å². The van der Waals surface area contributed by atoms with Crippen LogP contribution in [0.2, 0.25) is 0 Å². The fraction of sp³-hybridized carbons (Fsp3) is 0. The van der Waals surface area contributed by atoms with Gasteiger partial charge in [-0.2, -0.15) is 4.21 Å². The number of hydrogen-bond donors (Lipinski definition) is 0. The molecule has 0 aliphatic rings. The van der Waals surface area contributed by atoms with Crippen LogP contribution in [0.3, 0.4) is 0 Å². The van der Waals surface area contributed by atoms with Gasteiger partial charge in [0.1, 0.15) is 0 Å². The Kier molecular flexibility index (Phi) is 73.1. The molecule has 0 saturated carbocycles. The Morgan fingerprint density at radius 2 is 1.00 bits per heavy atom. The third-order valence-corrected chi connectivity index (χ3v) is 0. The standard InChI is InChI=1S/2La.OS/c;;1-2. The second kappa shape index (κ2) is 18.1. The van der Waals surface area contributed by atoms with E-state index in [1.165, 1.54) is 0 Å². The van der Waals surface area contributed by atoms with Crippen LogP contribution in [0, 0.1) is 71.2 Å². The molecule has 0 aliphatic carbocycles. The Balaban J connectivity index is -0.00000000500. The summed E-state index contributed by atoms with van der Waals surface area (Å²) < 4.78 is 7.83. The van der Waals surface area contributed by atoms with Crippen LogP contribution in [0.1, 0.15) is 0 Å². The van der Waals surface area contributed by atoms with Crippen molar-refractivity contribution < 1.29 is 75.4 Å². The maximum atomic E-state index is 7.83. The molecule has 4 heavy (non-hydrogen) atoms. The van der Waals surface area contributed by atoms with Gasteiger partial charge >= 0.3 is 0 Å². The average Bonchev–Trinajstić information content (AvgIpc) is 1.00. The van der Waals surface area contributed by atoms with Crippen LogP contribution in [0.25, 0.3) is 0 Å². The molecule has 0 heterocycles. The molecular weight excluding hydrogens is 326 g/mol. The molecule has 0 aromatic heterocycles. The second-order valence-corrected chi connectivity index (χ2v) is 0. The minimum atomic E-state index is 0. The molecule has 0 amide bonds. The normalized spacial score (nSPS) is 1.00. The minimum Gasteiger partial charge on any atom is -0.197 e. The van der Waals surface area contributed by atoms with Gasteiger partial charge in [0.2, 0.25) is 0 Å². The molecule has 4 heteroatoms. The van der Waals surface area contributed by atoms with Crippen LogP contribution in [-0.2, 0) is 12.5 Å². The van der Waals surface area contributed by atoms with Crippen LogP contribution in [-0.4, -0.2) is 4.21 Å². The van der Waals surface area contributed by atoms with Gasteiger partial charge in [0.25, 0.3) is 0 Å². The molecule has 2 radical (unpaired) electrons. The SMILES string of the molecule is O=S.[La].[La]. The Morgan fingerprint density at radius 3 is 1.00 bits per heavy atom. The summed E-state index contributed by atoms with van der Waals surface area (Å²) in [5.74, 6) is 0. The van der Waals surface area contributed by atoms with Crippen LogP contribution in [0.4, 0.5) is 0 Å². The Bertz CT molecular complexity index is 6.00. The predicted octanol–water partition coefficient (Wildman–Crippen LogP) is -0.336. The second-order valence-electron chi connectivity index (χ2n) is 0. The van der Waals surface area contributed by atoms with E-state index in [0.717, 1.165) is 0 Å². The van der Waals surface area contributed by atoms with Crippen molar-refractivity contribution in [3.8, 4) is 0 Å². The molecule has 0 atom stereocenters. The summed E-state index contributed by atoms with van der Waals surface area (Å²) in [6, 6.07) is 0. The van der Waals surface area contributed by atoms with Gasteiger partial charge in [0.05, 0.1) is 0 Å². The van der Waals surface area contributed by atoms with Gasteiger partial charge in [0.15, 0.2) is 12.5 Å². The maximum absolute atomic E-state index is 7.83. The predicted molar refractivity (Wildman–Crippen MR) is 8.14 cm³/mol. The molecule has 0 aliphatic heterocycles. The van der Waals surface area contributed by atoms with E-state index in [0.29, 0.717) is 0 Å². The van der Waals surface area contributed by atoms with E-state index in [2.05, 4.69) is 12.5 Å². The van der Waals surface area contributed by atoms with Crippen LogP contribution >= 0.6 is 0 Å². The van der Waals surface area contributed by atoms with Crippen molar-refractivity contribution in [1.29, 1.82) is 0 Å². The molecule has 0 N–H and O–H groups in total. The molecule has 0 rings (SSSR count). The van der Waals surface area contributed by atoms with Gasteiger partial charge in [0, 0.05) is 71.2 Å². The molecule has 0 aromatic rings. The quantitative estimate of drug-likeness (QED) is 0.606. The number of rotatable bonds is 0. The molecular formula is La2OS. The summed E-state index contributed by atoms with van der Waals surface area (Å²) >= 11 is 2.83. The van der Waals surface area contributed by atoms with Crippen LogP contribution in [0.5, 0.6) is 0 Å². The fourth-order valence-electron chi connectivity index (χ4n) is 0. The Morgan fingerprint density at radius 1 is 1.00 bits per heavy atom. The fourth-order valence-corrected chi connectivity index (χ4v) is 0. The van der Waals surface area contributed by atoms with E-state index in [1.807, 2.05) is 0 Å². The number of hydrogen-bond acceptors (Lipinski definition) is 2. The largest absolute Gasteiger partial charge is 0.197 e. The van der Waals surface area contributed by atoms with Crippen LogP contribution < -0.4 is 0 Å². The summed E-state index contributed by atoms with van der Waals surface area (Å²) in [6.45, 7) is 0. The third-order valence-electron chi connectivity index (χ3n) is 0.